The van der Waals surface area contributed by atoms with Crippen LogP contribution in [0.1, 0.15) is 49.7 Å². The summed E-state index contributed by atoms with van der Waals surface area (Å²) in [5.41, 5.74) is 5.83. The fraction of sp³-hybridized carbons (Fsp3) is 0.692. The molecule has 0 aliphatic heterocycles. The molecule has 19 heavy (non-hydrogen) atoms. The van der Waals surface area contributed by atoms with Crippen molar-refractivity contribution < 1.29 is 4.79 Å². The number of nitrogen functional groups attached to an aromatic ring is 1. The number of nitrogens with one attached hydrogen (secondary N) is 2. The summed E-state index contributed by atoms with van der Waals surface area (Å²) < 4.78 is 0. The van der Waals surface area contributed by atoms with Gasteiger partial charge in [0.05, 0.1) is 0 Å². The topological polar surface area (TPSA) is 80.0 Å². The summed E-state index contributed by atoms with van der Waals surface area (Å²) in [5, 5.41) is 7.03. The highest BCUT2D eigenvalue weighted by Gasteiger charge is 2.22. The summed E-state index contributed by atoms with van der Waals surface area (Å²) in [4.78, 5) is 16.9. The molecule has 1 fully saturated rings. The van der Waals surface area contributed by atoms with Crippen molar-refractivity contribution in [3.8, 4) is 0 Å². The molecule has 1 amide bonds. The predicted molar refractivity (Wildman–Crippen MR) is 79.6 cm³/mol. The minimum Gasteiger partial charge on any atom is -0.382 e. The SMILES string of the molecule is CC(C)C(C)NC(=O)c1sc(NC2CCC2)nc1N. The lowest BCUT2D eigenvalue weighted by atomic mass is 9.93. The van der Waals surface area contributed by atoms with Gasteiger partial charge in [0.25, 0.3) is 5.91 Å². The largest absolute Gasteiger partial charge is 0.382 e. The Morgan fingerprint density at radius 3 is 2.63 bits per heavy atom. The van der Waals surface area contributed by atoms with Gasteiger partial charge in [-0.25, -0.2) is 4.98 Å². The molecule has 1 aromatic heterocycles. The lowest BCUT2D eigenvalue weighted by Crippen LogP contribution is -2.36. The number of carbonyl (C=O) groups excluding carboxylic acids is 1. The molecule has 0 radical (unpaired) electrons. The van der Waals surface area contributed by atoms with Gasteiger partial charge in [-0.15, -0.1) is 0 Å². The highest BCUT2D eigenvalue weighted by atomic mass is 32.1. The van der Waals surface area contributed by atoms with Crippen LogP contribution in [-0.4, -0.2) is 23.0 Å². The van der Waals surface area contributed by atoms with Crippen molar-refractivity contribution in [1.82, 2.24) is 10.3 Å². The lowest BCUT2D eigenvalue weighted by Gasteiger charge is -2.25. The van der Waals surface area contributed by atoms with Gasteiger partial charge >= 0.3 is 0 Å². The molecule has 1 aliphatic carbocycles. The van der Waals surface area contributed by atoms with Gasteiger partial charge in [0, 0.05) is 12.1 Å². The Labute approximate surface area is 118 Å². The Morgan fingerprint density at radius 2 is 2.11 bits per heavy atom. The minimum atomic E-state index is -0.127. The van der Waals surface area contributed by atoms with Crippen LogP contribution in [0.5, 0.6) is 0 Å². The molecule has 0 saturated heterocycles. The van der Waals surface area contributed by atoms with Crippen LogP contribution in [0.3, 0.4) is 0 Å². The molecule has 1 heterocycles. The molecule has 0 aromatic carbocycles. The van der Waals surface area contributed by atoms with Crippen LogP contribution in [0, 0.1) is 5.92 Å². The first-order valence-electron chi connectivity index (χ1n) is 6.81. The van der Waals surface area contributed by atoms with Crippen LogP contribution in [-0.2, 0) is 0 Å². The Hall–Kier alpha value is -1.30. The van der Waals surface area contributed by atoms with E-state index in [1.807, 2.05) is 6.92 Å². The van der Waals surface area contributed by atoms with E-state index in [0.29, 0.717) is 22.7 Å². The van der Waals surface area contributed by atoms with Crippen LogP contribution in [0.15, 0.2) is 0 Å². The third-order valence-corrected chi connectivity index (χ3v) is 4.65. The third-order valence-electron chi connectivity index (χ3n) is 3.65. The molecule has 1 atom stereocenters. The first kappa shape index (κ1) is 14.1. The first-order valence-corrected chi connectivity index (χ1v) is 7.62. The van der Waals surface area contributed by atoms with Gasteiger partial charge in [0.1, 0.15) is 10.7 Å². The number of aromatic nitrogens is 1. The summed E-state index contributed by atoms with van der Waals surface area (Å²) in [5.74, 6) is 0.587. The van der Waals surface area contributed by atoms with Gasteiger partial charge in [-0.05, 0) is 32.1 Å². The predicted octanol–water partition coefficient (Wildman–Crippen LogP) is 2.46. The molecule has 0 spiro atoms. The zero-order valence-corrected chi connectivity index (χ0v) is 12.5. The molecule has 0 bridgehead atoms. The molecule has 1 aliphatic rings. The van der Waals surface area contributed by atoms with Crippen LogP contribution in [0.25, 0.3) is 0 Å². The third kappa shape index (κ3) is 3.37. The zero-order valence-electron chi connectivity index (χ0n) is 11.7. The second-order valence-electron chi connectivity index (χ2n) is 5.51. The average Bonchev–Trinajstić information content (AvgIpc) is 2.65. The van der Waals surface area contributed by atoms with E-state index in [9.17, 15) is 4.79 Å². The van der Waals surface area contributed by atoms with E-state index in [2.05, 4.69) is 29.5 Å². The highest BCUT2D eigenvalue weighted by molar-refractivity contribution is 7.18. The number of carbonyl (C=O) groups is 1. The van der Waals surface area contributed by atoms with Crippen molar-refractivity contribution in [1.29, 1.82) is 0 Å². The normalized spacial score (nSPS) is 17.1. The number of amides is 1. The Kier molecular flexibility index (Phi) is 4.29. The number of nitrogens with zero attached hydrogens (tertiary/aromatic N) is 1. The van der Waals surface area contributed by atoms with Crippen molar-refractivity contribution in [3.63, 3.8) is 0 Å². The number of hydrogen-bond acceptors (Lipinski definition) is 5. The van der Waals surface area contributed by atoms with Crippen LogP contribution in [0.4, 0.5) is 10.9 Å². The summed E-state index contributed by atoms with van der Waals surface area (Å²) in [6.45, 7) is 6.14. The second kappa shape index (κ2) is 5.77. The van der Waals surface area contributed by atoms with Crippen molar-refractivity contribution in [2.75, 3.05) is 11.1 Å². The molecule has 1 aromatic rings. The van der Waals surface area contributed by atoms with Crippen molar-refractivity contribution in [3.05, 3.63) is 4.88 Å². The lowest BCUT2D eigenvalue weighted by molar-refractivity contribution is 0.0935. The molecule has 1 saturated carbocycles. The van der Waals surface area contributed by atoms with Crippen molar-refractivity contribution in [2.24, 2.45) is 5.92 Å². The summed E-state index contributed by atoms with van der Waals surface area (Å²) in [6, 6.07) is 0.619. The summed E-state index contributed by atoms with van der Waals surface area (Å²) in [6.07, 6.45) is 3.61. The van der Waals surface area contributed by atoms with Gasteiger partial charge in [-0.2, -0.15) is 0 Å². The molecular weight excluding hydrogens is 260 g/mol. The summed E-state index contributed by atoms with van der Waals surface area (Å²) in [7, 11) is 0. The molecule has 1 unspecified atom stereocenters. The van der Waals surface area contributed by atoms with Crippen molar-refractivity contribution in [2.45, 2.75) is 52.1 Å². The number of hydrogen-bond donors (Lipinski definition) is 3. The second-order valence-corrected chi connectivity index (χ2v) is 6.51. The fourth-order valence-electron chi connectivity index (χ4n) is 1.72. The summed E-state index contributed by atoms with van der Waals surface area (Å²) >= 11 is 1.34. The van der Waals surface area contributed by atoms with Crippen LogP contribution >= 0.6 is 11.3 Å². The average molecular weight is 282 g/mol. The Morgan fingerprint density at radius 1 is 1.42 bits per heavy atom. The molecule has 2 rings (SSSR count). The maximum absolute atomic E-state index is 12.1. The monoisotopic (exact) mass is 282 g/mol. The van der Waals surface area contributed by atoms with E-state index in [1.165, 1.54) is 30.6 Å². The number of anilines is 2. The quantitative estimate of drug-likeness (QED) is 0.775. The fourth-order valence-corrected chi connectivity index (χ4v) is 2.59. The van der Waals surface area contributed by atoms with E-state index in [1.54, 1.807) is 0 Å². The molecule has 106 valence electrons. The van der Waals surface area contributed by atoms with E-state index >= 15 is 0 Å². The van der Waals surface area contributed by atoms with Gasteiger partial charge in [0.15, 0.2) is 5.13 Å². The van der Waals surface area contributed by atoms with Gasteiger partial charge in [-0.1, -0.05) is 25.2 Å². The number of rotatable bonds is 5. The van der Waals surface area contributed by atoms with Crippen LogP contribution in [0.2, 0.25) is 0 Å². The zero-order chi connectivity index (χ0) is 14.0. The first-order chi connectivity index (χ1) is 8.97. The molecule has 5 nitrogen and oxygen atoms in total. The van der Waals surface area contributed by atoms with E-state index in [4.69, 9.17) is 5.73 Å². The smallest absolute Gasteiger partial charge is 0.265 e. The molecule has 4 N–H and O–H groups in total. The van der Waals surface area contributed by atoms with Crippen molar-refractivity contribution >= 4 is 28.2 Å². The maximum atomic E-state index is 12.1. The van der Waals surface area contributed by atoms with Crippen LogP contribution < -0.4 is 16.4 Å². The van der Waals surface area contributed by atoms with E-state index in [-0.39, 0.29) is 11.9 Å². The molecule has 6 heteroatoms. The number of nitrogens with two attached hydrogens (primary N) is 1. The number of thiazole rings is 1. The van der Waals surface area contributed by atoms with Gasteiger partial charge < -0.3 is 16.4 Å². The van der Waals surface area contributed by atoms with Gasteiger partial charge in [0.2, 0.25) is 0 Å². The minimum absolute atomic E-state index is 0.122. The molecular formula is C13H22N4OS. The standard InChI is InChI=1S/C13H22N4OS/c1-7(2)8(3)15-12(18)10-11(14)17-13(19-10)16-9-5-4-6-9/h7-9H,4-6,14H2,1-3H3,(H,15,18)(H,16,17). The van der Waals surface area contributed by atoms with E-state index < -0.39 is 0 Å². The Balaban J connectivity index is 2.00. The van der Waals surface area contributed by atoms with E-state index in [0.717, 1.165) is 5.13 Å². The highest BCUT2D eigenvalue weighted by Crippen LogP contribution is 2.29. The van der Waals surface area contributed by atoms with Gasteiger partial charge in [-0.3, -0.25) is 4.79 Å². The maximum Gasteiger partial charge on any atom is 0.265 e. The Bertz CT molecular complexity index is 453.